The first kappa shape index (κ1) is 13.8. The monoisotopic (exact) mass is 274 g/mol. The van der Waals surface area contributed by atoms with Gasteiger partial charge in [-0.15, -0.1) is 0 Å². The Labute approximate surface area is 107 Å². The molecule has 0 unspecified atom stereocenters. The van der Waals surface area contributed by atoms with Crippen LogP contribution >= 0.6 is 0 Å². The highest BCUT2D eigenvalue weighted by atomic mass is 19.4. The zero-order valence-corrected chi connectivity index (χ0v) is 10.0. The van der Waals surface area contributed by atoms with E-state index >= 15 is 0 Å². The van der Waals surface area contributed by atoms with Gasteiger partial charge < -0.3 is 5.73 Å². The zero-order valence-electron chi connectivity index (χ0n) is 10.0. The second-order valence-electron chi connectivity index (χ2n) is 4.82. The van der Waals surface area contributed by atoms with E-state index in [0.717, 1.165) is 12.5 Å². The Balaban J connectivity index is 2.53. The first-order chi connectivity index (χ1) is 8.80. The summed E-state index contributed by atoms with van der Waals surface area (Å²) in [4.78, 5) is 10.2. The summed E-state index contributed by atoms with van der Waals surface area (Å²) in [5.74, 6) is 0. The number of nitro benzene ring substituents is 1. The molecule has 0 spiro atoms. The lowest BCUT2D eigenvalue weighted by Crippen LogP contribution is -2.42. The van der Waals surface area contributed by atoms with Crippen molar-refractivity contribution in [3.05, 3.63) is 39.4 Å². The molecule has 0 atom stereocenters. The SMILES string of the molecule is NCC1(c2ccc(C(F)(F)F)cc2[N+](=O)[O-])CCC1. The van der Waals surface area contributed by atoms with Crippen LogP contribution in [0.2, 0.25) is 0 Å². The van der Waals surface area contributed by atoms with Crippen LogP contribution in [-0.4, -0.2) is 11.5 Å². The summed E-state index contributed by atoms with van der Waals surface area (Å²) in [6.07, 6.45) is -2.35. The smallest absolute Gasteiger partial charge is 0.330 e. The maximum atomic E-state index is 12.6. The van der Waals surface area contributed by atoms with Gasteiger partial charge in [0.05, 0.1) is 10.5 Å². The highest BCUT2D eigenvalue weighted by molar-refractivity contribution is 5.49. The van der Waals surface area contributed by atoms with Gasteiger partial charge in [0, 0.05) is 23.6 Å². The minimum atomic E-state index is -4.58. The number of rotatable bonds is 3. The lowest BCUT2D eigenvalue weighted by Gasteiger charge is -2.41. The van der Waals surface area contributed by atoms with E-state index in [1.165, 1.54) is 6.07 Å². The molecule has 1 fully saturated rings. The second-order valence-corrected chi connectivity index (χ2v) is 4.82. The van der Waals surface area contributed by atoms with Crippen LogP contribution in [0.4, 0.5) is 18.9 Å². The molecule has 0 heterocycles. The van der Waals surface area contributed by atoms with E-state index in [1.807, 2.05) is 0 Å². The molecule has 1 saturated carbocycles. The average Bonchev–Trinajstić information content (AvgIpc) is 2.27. The van der Waals surface area contributed by atoms with Crippen molar-refractivity contribution in [2.45, 2.75) is 30.9 Å². The molecule has 1 aromatic carbocycles. The van der Waals surface area contributed by atoms with Crippen molar-refractivity contribution in [1.82, 2.24) is 0 Å². The molecule has 0 saturated heterocycles. The molecule has 0 aliphatic heterocycles. The van der Waals surface area contributed by atoms with Gasteiger partial charge in [-0.1, -0.05) is 12.5 Å². The summed E-state index contributed by atoms with van der Waals surface area (Å²) < 4.78 is 37.8. The third kappa shape index (κ3) is 2.30. The van der Waals surface area contributed by atoms with Crippen LogP contribution in [0.25, 0.3) is 0 Å². The van der Waals surface area contributed by atoms with Crippen LogP contribution in [0, 0.1) is 10.1 Å². The number of nitro groups is 1. The van der Waals surface area contributed by atoms with Crippen molar-refractivity contribution in [3.8, 4) is 0 Å². The first-order valence-electron chi connectivity index (χ1n) is 5.86. The van der Waals surface area contributed by atoms with Crippen LogP contribution in [0.15, 0.2) is 18.2 Å². The molecular weight excluding hydrogens is 261 g/mol. The molecular formula is C12H13F3N2O2. The number of nitrogens with zero attached hydrogens (tertiary/aromatic N) is 1. The summed E-state index contributed by atoms with van der Waals surface area (Å²) in [5, 5.41) is 11.0. The minimum absolute atomic E-state index is 0.208. The predicted molar refractivity (Wildman–Crippen MR) is 62.7 cm³/mol. The molecule has 1 aromatic rings. The number of hydrogen-bond acceptors (Lipinski definition) is 3. The Kier molecular flexibility index (Phi) is 3.25. The van der Waals surface area contributed by atoms with E-state index < -0.39 is 27.8 Å². The van der Waals surface area contributed by atoms with Gasteiger partial charge in [0.2, 0.25) is 0 Å². The van der Waals surface area contributed by atoms with E-state index in [1.54, 1.807) is 0 Å². The fourth-order valence-corrected chi connectivity index (χ4v) is 2.49. The summed E-state index contributed by atoms with van der Waals surface area (Å²) >= 11 is 0. The van der Waals surface area contributed by atoms with Crippen LogP contribution < -0.4 is 5.73 Å². The van der Waals surface area contributed by atoms with E-state index in [9.17, 15) is 23.3 Å². The summed E-state index contributed by atoms with van der Waals surface area (Å²) in [7, 11) is 0. The highest BCUT2D eigenvalue weighted by Gasteiger charge is 2.43. The lowest BCUT2D eigenvalue weighted by molar-refractivity contribution is -0.386. The van der Waals surface area contributed by atoms with Gasteiger partial charge in [-0.2, -0.15) is 13.2 Å². The predicted octanol–water partition coefficient (Wildman–Crippen LogP) is 2.99. The Hall–Kier alpha value is -1.63. The molecule has 104 valence electrons. The van der Waals surface area contributed by atoms with Crippen LogP contribution in [0.5, 0.6) is 0 Å². The van der Waals surface area contributed by atoms with Crippen LogP contribution in [-0.2, 0) is 11.6 Å². The fraction of sp³-hybridized carbons (Fsp3) is 0.500. The van der Waals surface area contributed by atoms with Gasteiger partial charge in [0.1, 0.15) is 0 Å². The molecule has 0 radical (unpaired) electrons. The molecule has 4 nitrogen and oxygen atoms in total. The maximum Gasteiger partial charge on any atom is 0.416 e. The zero-order chi connectivity index (χ0) is 14.3. The molecule has 0 bridgehead atoms. The van der Waals surface area contributed by atoms with Crippen molar-refractivity contribution in [1.29, 1.82) is 0 Å². The number of benzene rings is 1. The van der Waals surface area contributed by atoms with Crippen molar-refractivity contribution < 1.29 is 18.1 Å². The summed E-state index contributed by atoms with van der Waals surface area (Å²) in [5.41, 5.74) is 3.94. The number of halogens is 3. The van der Waals surface area contributed by atoms with Gasteiger partial charge in [0.15, 0.2) is 0 Å². The Bertz CT molecular complexity index is 505. The second kappa shape index (κ2) is 4.48. The average molecular weight is 274 g/mol. The van der Waals surface area contributed by atoms with E-state index in [0.29, 0.717) is 24.5 Å². The molecule has 7 heteroatoms. The molecule has 1 aliphatic carbocycles. The number of hydrogen-bond donors (Lipinski definition) is 1. The quantitative estimate of drug-likeness (QED) is 0.680. The van der Waals surface area contributed by atoms with Crippen molar-refractivity contribution in [2.24, 2.45) is 5.73 Å². The highest BCUT2D eigenvalue weighted by Crippen LogP contribution is 2.47. The fourth-order valence-electron chi connectivity index (χ4n) is 2.49. The molecule has 1 aliphatic rings. The summed E-state index contributed by atoms with van der Waals surface area (Å²) in [6, 6.07) is 2.69. The minimum Gasteiger partial charge on any atom is -0.330 e. The standard InChI is InChI=1S/C12H13F3N2O2/c13-12(14,15)8-2-3-9(10(6-8)17(18)19)11(7-16)4-1-5-11/h2-3,6H,1,4-5,7,16H2. The van der Waals surface area contributed by atoms with Crippen molar-refractivity contribution in [2.75, 3.05) is 6.54 Å². The Morgan fingerprint density at radius 2 is 2.00 bits per heavy atom. The van der Waals surface area contributed by atoms with Crippen molar-refractivity contribution in [3.63, 3.8) is 0 Å². The van der Waals surface area contributed by atoms with Gasteiger partial charge in [-0.05, 0) is 18.9 Å². The first-order valence-corrected chi connectivity index (χ1v) is 5.86. The maximum absolute atomic E-state index is 12.6. The summed E-state index contributed by atoms with van der Waals surface area (Å²) in [6.45, 7) is 0.208. The Morgan fingerprint density at radius 1 is 1.37 bits per heavy atom. The van der Waals surface area contributed by atoms with Crippen LogP contribution in [0.1, 0.15) is 30.4 Å². The third-order valence-corrected chi connectivity index (χ3v) is 3.79. The normalized spacial score (nSPS) is 17.9. The topological polar surface area (TPSA) is 69.2 Å². The molecule has 2 rings (SSSR count). The molecule has 0 amide bonds. The lowest BCUT2D eigenvalue weighted by atomic mass is 9.64. The van der Waals surface area contributed by atoms with E-state index in [2.05, 4.69) is 0 Å². The van der Waals surface area contributed by atoms with Gasteiger partial charge in [0.25, 0.3) is 5.69 Å². The van der Waals surface area contributed by atoms with Gasteiger partial charge >= 0.3 is 6.18 Å². The van der Waals surface area contributed by atoms with Gasteiger partial charge in [-0.3, -0.25) is 10.1 Å². The molecule has 0 aromatic heterocycles. The largest absolute Gasteiger partial charge is 0.416 e. The third-order valence-electron chi connectivity index (χ3n) is 3.79. The van der Waals surface area contributed by atoms with Crippen LogP contribution in [0.3, 0.4) is 0 Å². The van der Waals surface area contributed by atoms with E-state index in [-0.39, 0.29) is 6.54 Å². The number of nitrogens with two attached hydrogens (primary N) is 1. The molecule has 2 N–H and O–H groups in total. The number of alkyl halides is 3. The van der Waals surface area contributed by atoms with E-state index in [4.69, 9.17) is 5.73 Å². The molecule has 19 heavy (non-hydrogen) atoms. The van der Waals surface area contributed by atoms with Gasteiger partial charge in [-0.25, -0.2) is 0 Å². The van der Waals surface area contributed by atoms with Crippen molar-refractivity contribution >= 4 is 5.69 Å². The Morgan fingerprint density at radius 3 is 2.37 bits per heavy atom.